The Morgan fingerprint density at radius 3 is 2.35 bits per heavy atom. The number of anilines is 2. The molecule has 2 aromatic carbocycles. The molecule has 1 atom stereocenters. The van der Waals surface area contributed by atoms with Gasteiger partial charge in [0.25, 0.3) is 5.69 Å². The van der Waals surface area contributed by atoms with Crippen LogP contribution in [-0.4, -0.2) is 37.7 Å². The second kappa shape index (κ2) is 7.11. The Morgan fingerprint density at radius 2 is 1.74 bits per heavy atom. The number of nitro groups is 1. The number of likely N-dealkylation sites (N-methyl/N-ethyl adjacent to an activating group) is 1. The molecule has 2 aromatic rings. The lowest BCUT2D eigenvalue weighted by atomic mass is 10.1. The summed E-state index contributed by atoms with van der Waals surface area (Å²) >= 11 is 0. The van der Waals surface area contributed by atoms with E-state index >= 15 is 0 Å². The van der Waals surface area contributed by atoms with E-state index in [0.717, 1.165) is 11.4 Å². The number of rotatable bonds is 6. The van der Waals surface area contributed by atoms with E-state index in [9.17, 15) is 15.2 Å². The maximum atomic E-state index is 10.8. The average molecular weight is 315 g/mol. The predicted octanol–water partition coefficient (Wildman–Crippen LogP) is 2.83. The number of nitrogens with zero attached hydrogens (tertiary/aromatic N) is 3. The minimum absolute atomic E-state index is 0.0158. The summed E-state index contributed by atoms with van der Waals surface area (Å²) in [5.74, 6) is 0. The number of aliphatic hydroxyl groups excluding tert-OH is 1. The van der Waals surface area contributed by atoms with Crippen LogP contribution in [0.1, 0.15) is 11.7 Å². The summed E-state index contributed by atoms with van der Waals surface area (Å²) in [6.07, 6.45) is -0.810. The topological polar surface area (TPSA) is 69.8 Å². The van der Waals surface area contributed by atoms with Crippen molar-refractivity contribution in [3.05, 3.63) is 64.2 Å². The zero-order valence-electron chi connectivity index (χ0n) is 13.5. The molecule has 1 N–H and O–H groups in total. The molecule has 6 nitrogen and oxygen atoms in total. The maximum Gasteiger partial charge on any atom is 0.269 e. The smallest absolute Gasteiger partial charge is 0.269 e. The molecule has 0 aromatic heterocycles. The lowest BCUT2D eigenvalue weighted by Crippen LogP contribution is -2.26. The number of benzene rings is 2. The quantitative estimate of drug-likeness (QED) is 0.655. The van der Waals surface area contributed by atoms with Gasteiger partial charge in [0.05, 0.1) is 22.4 Å². The lowest BCUT2D eigenvalue weighted by Gasteiger charge is -2.27. The Balaban J connectivity index is 2.18. The first-order chi connectivity index (χ1) is 10.9. The van der Waals surface area contributed by atoms with Gasteiger partial charge in [-0.2, -0.15) is 0 Å². The predicted molar refractivity (Wildman–Crippen MR) is 92.1 cm³/mol. The maximum absolute atomic E-state index is 10.8. The molecule has 0 fully saturated rings. The summed E-state index contributed by atoms with van der Waals surface area (Å²) in [5, 5.41) is 21.3. The molecule has 23 heavy (non-hydrogen) atoms. The summed E-state index contributed by atoms with van der Waals surface area (Å²) in [4.78, 5) is 14.3. The van der Waals surface area contributed by atoms with Gasteiger partial charge in [0, 0.05) is 39.8 Å². The zero-order chi connectivity index (χ0) is 17.0. The van der Waals surface area contributed by atoms with Crippen molar-refractivity contribution in [3.63, 3.8) is 0 Å². The number of para-hydroxylation sites is 2. The molecule has 0 aliphatic heterocycles. The summed E-state index contributed by atoms with van der Waals surface area (Å²) in [6.45, 7) is 0.339. The van der Waals surface area contributed by atoms with Gasteiger partial charge >= 0.3 is 0 Å². The van der Waals surface area contributed by atoms with Gasteiger partial charge < -0.3 is 14.9 Å². The fraction of sp³-hybridized carbons (Fsp3) is 0.294. The number of hydrogen-bond acceptors (Lipinski definition) is 5. The van der Waals surface area contributed by atoms with Gasteiger partial charge in [-0.3, -0.25) is 10.1 Å². The van der Waals surface area contributed by atoms with Crippen LogP contribution in [0.2, 0.25) is 0 Å². The summed E-state index contributed by atoms with van der Waals surface area (Å²) in [6, 6.07) is 14.0. The second-order valence-electron chi connectivity index (χ2n) is 5.63. The summed E-state index contributed by atoms with van der Waals surface area (Å²) in [5.41, 5.74) is 2.55. The molecule has 122 valence electrons. The second-order valence-corrected chi connectivity index (χ2v) is 5.63. The van der Waals surface area contributed by atoms with Crippen LogP contribution in [0.25, 0.3) is 0 Å². The zero-order valence-corrected chi connectivity index (χ0v) is 13.5. The highest BCUT2D eigenvalue weighted by Crippen LogP contribution is 2.28. The van der Waals surface area contributed by atoms with E-state index in [-0.39, 0.29) is 5.69 Å². The number of nitro benzene ring substituents is 1. The Kier molecular flexibility index (Phi) is 5.18. The van der Waals surface area contributed by atoms with Gasteiger partial charge in [0.15, 0.2) is 0 Å². The normalized spacial score (nSPS) is 11.8. The average Bonchev–Trinajstić information content (AvgIpc) is 2.54. The van der Waals surface area contributed by atoms with Crippen LogP contribution in [0.15, 0.2) is 48.5 Å². The van der Waals surface area contributed by atoms with Crippen molar-refractivity contribution in [2.45, 2.75) is 6.10 Å². The first-order valence-electron chi connectivity index (χ1n) is 7.30. The summed E-state index contributed by atoms with van der Waals surface area (Å²) in [7, 11) is 5.82. The molecule has 0 saturated carbocycles. The van der Waals surface area contributed by atoms with E-state index in [1.54, 1.807) is 12.1 Å². The Labute approximate surface area is 135 Å². The molecule has 0 bridgehead atoms. The van der Waals surface area contributed by atoms with Crippen LogP contribution in [-0.2, 0) is 0 Å². The lowest BCUT2D eigenvalue weighted by molar-refractivity contribution is -0.385. The highest BCUT2D eigenvalue weighted by Gasteiger charge is 2.16. The van der Waals surface area contributed by atoms with Crippen LogP contribution in [0, 0.1) is 10.1 Å². The van der Waals surface area contributed by atoms with Crippen LogP contribution < -0.4 is 9.80 Å². The molecule has 0 saturated heterocycles. The Hall–Kier alpha value is -2.60. The van der Waals surface area contributed by atoms with Crippen LogP contribution in [0.5, 0.6) is 0 Å². The van der Waals surface area contributed by atoms with E-state index in [2.05, 4.69) is 0 Å². The van der Waals surface area contributed by atoms with E-state index < -0.39 is 11.0 Å². The van der Waals surface area contributed by atoms with Crippen molar-refractivity contribution in [1.82, 2.24) is 0 Å². The van der Waals surface area contributed by atoms with Crippen molar-refractivity contribution < 1.29 is 10.0 Å². The Morgan fingerprint density at radius 1 is 1.09 bits per heavy atom. The van der Waals surface area contributed by atoms with Crippen LogP contribution in [0.4, 0.5) is 17.1 Å². The number of aliphatic hydroxyl groups is 1. The van der Waals surface area contributed by atoms with Crippen molar-refractivity contribution in [1.29, 1.82) is 0 Å². The highest BCUT2D eigenvalue weighted by atomic mass is 16.6. The highest BCUT2D eigenvalue weighted by molar-refractivity contribution is 5.70. The van der Waals surface area contributed by atoms with Crippen LogP contribution >= 0.6 is 0 Å². The fourth-order valence-electron chi connectivity index (χ4n) is 2.47. The first kappa shape index (κ1) is 16.8. The standard InChI is InChI=1S/C17H21N3O3/c1-18(2)15-9-4-5-10-16(15)19(3)12-17(21)13-7-6-8-14(11-13)20(22)23/h4-11,17,21H,12H2,1-3H3. The van der Waals surface area contributed by atoms with Gasteiger partial charge in [0.2, 0.25) is 0 Å². The molecule has 1 unspecified atom stereocenters. The van der Waals surface area contributed by atoms with Gasteiger partial charge in [-0.1, -0.05) is 24.3 Å². The van der Waals surface area contributed by atoms with Crippen molar-refractivity contribution >= 4 is 17.1 Å². The molecule has 0 aliphatic carbocycles. The van der Waals surface area contributed by atoms with E-state index in [4.69, 9.17) is 0 Å². The van der Waals surface area contributed by atoms with Crippen molar-refractivity contribution in [3.8, 4) is 0 Å². The van der Waals surface area contributed by atoms with Crippen molar-refractivity contribution in [2.24, 2.45) is 0 Å². The van der Waals surface area contributed by atoms with Crippen LogP contribution in [0.3, 0.4) is 0 Å². The molecule has 0 spiro atoms. The van der Waals surface area contributed by atoms with Gasteiger partial charge in [-0.05, 0) is 17.7 Å². The third-order valence-corrected chi connectivity index (χ3v) is 3.69. The molecule has 0 aliphatic rings. The first-order valence-corrected chi connectivity index (χ1v) is 7.30. The Bertz CT molecular complexity index is 688. The molecule has 6 heteroatoms. The largest absolute Gasteiger partial charge is 0.387 e. The molecular weight excluding hydrogens is 294 g/mol. The number of hydrogen-bond donors (Lipinski definition) is 1. The fourth-order valence-corrected chi connectivity index (χ4v) is 2.47. The minimum atomic E-state index is -0.810. The van der Waals surface area contributed by atoms with Gasteiger partial charge in [-0.15, -0.1) is 0 Å². The third kappa shape index (κ3) is 3.98. The SMILES string of the molecule is CN(C)c1ccccc1N(C)CC(O)c1cccc([N+](=O)[O-])c1. The van der Waals surface area contributed by atoms with Crippen molar-refractivity contribution in [2.75, 3.05) is 37.5 Å². The number of non-ortho nitro benzene ring substituents is 1. The van der Waals surface area contributed by atoms with E-state index in [1.165, 1.54) is 12.1 Å². The third-order valence-electron chi connectivity index (χ3n) is 3.69. The minimum Gasteiger partial charge on any atom is -0.387 e. The summed E-state index contributed by atoms with van der Waals surface area (Å²) < 4.78 is 0. The van der Waals surface area contributed by atoms with Gasteiger partial charge in [-0.25, -0.2) is 0 Å². The molecule has 0 radical (unpaired) electrons. The van der Waals surface area contributed by atoms with E-state index in [0.29, 0.717) is 12.1 Å². The van der Waals surface area contributed by atoms with E-state index in [1.807, 2.05) is 55.2 Å². The molecular formula is C17H21N3O3. The molecule has 2 rings (SSSR count). The molecule has 0 amide bonds. The molecule has 0 heterocycles. The van der Waals surface area contributed by atoms with Gasteiger partial charge in [0.1, 0.15) is 0 Å². The monoisotopic (exact) mass is 315 g/mol.